The lowest BCUT2D eigenvalue weighted by Gasteiger charge is -2.08. The molecule has 1 atom stereocenters. The number of carboxylic acids is 1. The number of nitrogens with two attached hydrogens (primary N) is 1. The van der Waals surface area contributed by atoms with Crippen LogP contribution in [0.5, 0.6) is 5.75 Å². The van der Waals surface area contributed by atoms with Gasteiger partial charge >= 0.3 is 5.97 Å². The van der Waals surface area contributed by atoms with Crippen LogP contribution in [0.2, 0.25) is 0 Å². The van der Waals surface area contributed by atoms with Crippen molar-refractivity contribution >= 4 is 17.7 Å². The Labute approximate surface area is 105 Å². The molecular weight excluding hydrogens is 238 g/mol. The van der Waals surface area contributed by atoms with Gasteiger partial charge in [0.1, 0.15) is 11.8 Å². The van der Waals surface area contributed by atoms with Gasteiger partial charge in [-0.05, 0) is 24.6 Å². The van der Waals surface area contributed by atoms with E-state index in [2.05, 4.69) is 0 Å². The predicted molar refractivity (Wildman–Crippen MR) is 69.6 cm³/mol. The molecule has 4 nitrogen and oxygen atoms in total. The van der Waals surface area contributed by atoms with Gasteiger partial charge in [0.05, 0.1) is 6.61 Å². The third kappa shape index (κ3) is 5.60. The second kappa shape index (κ2) is 7.19. The second-order valence-corrected chi connectivity index (χ2v) is 4.83. The highest BCUT2D eigenvalue weighted by atomic mass is 32.2. The molecule has 0 aliphatic carbocycles. The summed E-state index contributed by atoms with van der Waals surface area (Å²) in [6.45, 7) is 2.56. The number of hydrogen-bond acceptors (Lipinski definition) is 4. The Kier molecular flexibility index (Phi) is 5.86. The van der Waals surface area contributed by atoms with E-state index in [-0.39, 0.29) is 0 Å². The molecule has 1 rings (SSSR count). The van der Waals surface area contributed by atoms with E-state index in [0.29, 0.717) is 12.4 Å². The van der Waals surface area contributed by atoms with Gasteiger partial charge in [0.15, 0.2) is 0 Å². The van der Waals surface area contributed by atoms with Crippen LogP contribution in [-0.2, 0) is 4.79 Å². The summed E-state index contributed by atoms with van der Waals surface area (Å²) >= 11 is 1.48. The van der Waals surface area contributed by atoms with E-state index in [1.807, 2.05) is 31.2 Å². The van der Waals surface area contributed by atoms with E-state index < -0.39 is 12.0 Å². The highest BCUT2D eigenvalue weighted by Crippen LogP contribution is 2.13. The lowest BCUT2D eigenvalue weighted by atomic mass is 10.2. The van der Waals surface area contributed by atoms with Crippen LogP contribution in [0, 0.1) is 6.92 Å². The number of thioether (sulfide) groups is 1. The average molecular weight is 255 g/mol. The summed E-state index contributed by atoms with van der Waals surface area (Å²) in [6, 6.07) is 7.03. The van der Waals surface area contributed by atoms with E-state index in [9.17, 15) is 4.79 Å². The number of hydrogen-bond donors (Lipinski definition) is 2. The molecule has 0 fully saturated rings. The molecule has 1 unspecified atom stereocenters. The fraction of sp³-hybridized carbons (Fsp3) is 0.417. The molecule has 0 heterocycles. The van der Waals surface area contributed by atoms with Crippen molar-refractivity contribution in [2.75, 3.05) is 18.1 Å². The molecule has 0 aromatic heterocycles. The summed E-state index contributed by atoms with van der Waals surface area (Å²) in [6.07, 6.45) is 0. The lowest BCUT2D eigenvalue weighted by molar-refractivity contribution is -0.137. The number of aryl methyl sites for hydroxylation is 1. The number of carbonyl (C=O) groups is 1. The molecule has 0 saturated carbocycles. The molecule has 0 spiro atoms. The summed E-state index contributed by atoms with van der Waals surface area (Å²) in [4.78, 5) is 10.5. The Bertz CT molecular complexity index is 371. The van der Waals surface area contributed by atoms with E-state index in [1.54, 1.807) is 0 Å². The normalized spacial score (nSPS) is 12.1. The highest BCUT2D eigenvalue weighted by molar-refractivity contribution is 7.99. The molecule has 0 aliphatic heterocycles. The molecule has 0 amide bonds. The van der Waals surface area contributed by atoms with Gasteiger partial charge in [-0.3, -0.25) is 4.79 Å². The van der Waals surface area contributed by atoms with Crippen LogP contribution in [0.1, 0.15) is 5.56 Å². The zero-order chi connectivity index (χ0) is 12.7. The Morgan fingerprint density at radius 3 is 3.00 bits per heavy atom. The van der Waals surface area contributed by atoms with Crippen LogP contribution in [0.4, 0.5) is 0 Å². The van der Waals surface area contributed by atoms with Crippen LogP contribution in [0.15, 0.2) is 24.3 Å². The zero-order valence-corrected chi connectivity index (χ0v) is 10.6. The fourth-order valence-corrected chi connectivity index (χ4v) is 1.97. The molecule has 1 aromatic rings. The molecule has 0 bridgehead atoms. The molecular formula is C12H17NO3S. The summed E-state index contributed by atoms with van der Waals surface area (Å²) in [5.74, 6) is 1.02. The van der Waals surface area contributed by atoms with Crippen molar-refractivity contribution in [2.45, 2.75) is 13.0 Å². The SMILES string of the molecule is Cc1cccc(OCCSCC(N)C(=O)O)c1. The van der Waals surface area contributed by atoms with Gasteiger partial charge in [0.2, 0.25) is 0 Å². The largest absolute Gasteiger partial charge is 0.493 e. The topological polar surface area (TPSA) is 72.5 Å². The van der Waals surface area contributed by atoms with Crippen LogP contribution in [0.3, 0.4) is 0 Å². The Balaban J connectivity index is 2.14. The monoisotopic (exact) mass is 255 g/mol. The molecule has 5 heteroatoms. The summed E-state index contributed by atoms with van der Waals surface area (Å²) in [5, 5.41) is 8.58. The fourth-order valence-electron chi connectivity index (χ4n) is 1.21. The molecule has 3 N–H and O–H groups in total. The first-order chi connectivity index (χ1) is 8.09. The van der Waals surface area contributed by atoms with Crippen molar-refractivity contribution in [1.29, 1.82) is 0 Å². The summed E-state index contributed by atoms with van der Waals surface area (Å²) < 4.78 is 5.52. The van der Waals surface area contributed by atoms with Gasteiger partial charge in [-0.2, -0.15) is 11.8 Å². The quantitative estimate of drug-likeness (QED) is 0.723. The maximum Gasteiger partial charge on any atom is 0.321 e. The van der Waals surface area contributed by atoms with Crippen LogP contribution in [0.25, 0.3) is 0 Å². The van der Waals surface area contributed by atoms with E-state index in [0.717, 1.165) is 17.1 Å². The number of aliphatic carboxylic acids is 1. The Morgan fingerprint density at radius 1 is 1.59 bits per heavy atom. The smallest absolute Gasteiger partial charge is 0.321 e. The standard InChI is InChI=1S/C12H17NO3S/c1-9-3-2-4-10(7-9)16-5-6-17-8-11(13)12(14)15/h2-4,7,11H,5-6,8,13H2,1H3,(H,14,15). The zero-order valence-electron chi connectivity index (χ0n) is 9.76. The van der Waals surface area contributed by atoms with Gasteiger partial charge in [0.25, 0.3) is 0 Å². The number of carboxylic acid groups (broad SMARTS) is 1. The lowest BCUT2D eigenvalue weighted by Crippen LogP contribution is -2.32. The van der Waals surface area contributed by atoms with Crippen molar-refractivity contribution in [3.8, 4) is 5.75 Å². The maximum atomic E-state index is 10.5. The van der Waals surface area contributed by atoms with Crippen molar-refractivity contribution in [3.05, 3.63) is 29.8 Å². The molecule has 1 aromatic carbocycles. The van der Waals surface area contributed by atoms with Gasteiger partial charge in [-0.25, -0.2) is 0 Å². The highest BCUT2D eigenvalue weighted by Gasteiger charge is 2.10. The minimum atomic E-state index is -0.961. The van der Waals surface area contributed by atoms with Crippen LogP contribution >= 0.6 is 11.8 Å². The van der Waals surface area contributed by atoms with Crippen molar-refractivity contribution in [3.63, 3.8) is 0 Å². The minimum absolute atomic E-state index is 0.409. The van der Waals surface area contributed by atoms with Gasteiger partial charge in [-0.15, -0.1) is 0 Å². The van der Waals surface area contributed by atoms with Gasteiger partial charge in [-0.1, -0.05) is 12.1 Å². The second-order valence-electron chi connectivity index (χ2n) is 3.68. The van der Waals surface area contributed by atoms with E-state index in [1.165, 1.54) is 11.8 Å². The maximum absolute atomic E-state index is 10.5. The first kappa shape index (κ1) is 13.9. The van der Waals surface area contributed by atoms with Crippen molar-refractivity contribution in [2.24, 2.45) is 5.73 Å². The number of ether oxygens (including phenoxy) is 1. The summed E-state index contributed by atoms with van der Waals surface area (Å²) in [5.41, 5.74) is 6.52. The average Bonchev–Trinajstić information content (AvgIpc) is 2.28. The van der Waals surface area contributed by atoms with Crippen molar-refractivity contribution < 1.29 is 14.6 Å². The molecule has 0 saturated heterocycles. The molecule has 94 valence electrons. The Morgan fingerprint density at radius 2 is 2.35 bits per heavy atom. The van der Waals surface area contributed by atoms with Crippen LogP contribution in [-0.4, -0.2) is 35.2 Å². The first-order valence-corrected chi connectivity index (χ1v) is 6.50. The van der Waals surface area contributed by atoms with Gasteiger partial charge < -0.3 is 15.6 Å². The first-order valence-electron chi connectivity index (χ1n) is 5.35. The minimum Gasteiger partial charge on any atom is -0.493 e. The third-order valence-corrected chi connectivity index (χ3v) is 3.15. The van der Waals surface area contributed by atoms with E-state index >= 15 is 0 Å². The third-order valence-electron chi connectivity index (χ3n) is 2.10. The molecule has 0 aliphatic rings. The molecule has 17 heavy (non-hydrogen) atoms. The predicted octanol–water partition coefficient (Wildman–Crippen LogP) is 1.52. The number of benzene rings is 1. The Hall–Kier alpha value is -1.20. The van der Waals surface area contributed by atoms with Crippen molar-refractivity contribution in [1.82, 2.24) is 0 Å². The molecule has 0 radical (unpaired) electrons. The number of rotatable bonds is 7. The van der Waals surface area contributed by atoms with E-state index in [4.69, 9.17) is 15.6 Å². The van der Waals surface area contributed by atoms with Gasteiger partial charge in [0, 0.05) is 11.5 Å². The van der Waals surface area contributed by atoms with Crippen LogP contribution < -0.4 is 10.5 Å². The summed E-state index contributed by atoms with van der Waals surface area (Å²) in [7, 11) is 0.